The van der Waals surface area contributed by atoms with Gasteiger partial charge in [0, 0.05) is 16.8 Å². The second-order valence-corrected chi connectivity index (χ2v) is 6.87. The van der Waals surface area contributed by atoms with Crippen molar-refractivity contribution < 1.29 is 0 Å². The van der Waals surface area contributed by atoms with E-state index in [1.54, 1.807) is 0 Å². The van der Waals surface area contributed by atoms with Gasteiger partial charge in [-0.05, 0) is 22.9 Å². The number of hydrogen-bond acceptors (Lipinski definition) is 3. The van der Waals surface area contributed by atoms with Gasteiger partial charge in [0.25, 0.3) is 0 Å². The molecule has 3 heteroatoms. The van der Waals surface area contributed by atoms with E-state index in [4.69, 9.17) is 4.98 Å². The van der Waals surface area contributed by atoms with Gasteiger partial charge in [-0.3, -0.25) is 0 Å². The molecule has 5 aromatic rings. The monoisotopic (exact) mass is 373 g/mol. The number of nitrogens with one attached hydrogen (secondary N) is 1. The Morgan fingerprint density at radius 1 is 0.586 bits per heavy atom. The van der Waals surface area contributed by atoms with Crippen LogP contribution in [0.1, 0.15) is 0 Å². The lowest BCUT2D eigenvalue weighted by atomic mass is 10.1. The standard InChI is InChI=1S/C26H19N3/c1-3-10-20(11-4-1)25-24(18-27-26(29-25)21-12-5-2-6-13-21)28-23-16-15-19-9-7-8-14-22(19)17-23/h1-18,28H. The molecule has 0 unspecified atom stereocenters. The Hall–Kier alpha value is -3.98. The molecule has 0 fully saturated rings. The Labute approximate surface area is 169 Å². The van der Waals surface area contributed by atoms with Crippen LogP contribution in [0.5, 0.6) is 0 Å². The Balaban J connectivity index is 1.59. The molecule has 0 aliphatic carbocycles. The third-order valence-electron chi connectivity index (χ3n) is 4.90. The lowest BCUT2D eigenvalue weighted by molar-refractivity contribution is 1.18. The number of aromatic nitrogens is 2. The molecule has 0 saturated heterocycles. The molecule has 1 heterocycles. The first kappa shape index (κ1) is 17.1. The maximum atomic E-state index is 4.90. The summed E-state index contributed by atoms with van der Waals surface area (Å²) in [4.78, 5) is 9.52. The van der Waals surface area contributed by atoms with Gasteiger partial charge in [-0.2, -0.15) is 0 Å². The Morgan fingerprint density at radius 2 is 1.24 bits per heavy atom. The van der Waals surface area contributed by atoms with Crippen molar-refractivity contribution in [1.29, 1.82) is 0 Å². The fraction of sp³-hybridized carbons (Fsp3) is 0. The first-order chi connectivity index (χ1) is 14.4. The van der Waals surface area contributed by atoms with Gasteiger partial charge in [0.2, 0.25) is 0 Å². The van der Waals surface area contributed by atoms with Crippen molar-refractivity contribution in [2.24, 2.45) is 0 Å². The first-order valence-electron chi connectivity index (χ1n) is 9.60. The van der Waals surface area contributed by atoms with Crippen LogP contribution in [0, 0.1) is 0 Å². The van der Waals surface area contributed by atoms with Crippen LogP contribution in [-0.2, 0) is 0 Å². The molecular formula is C26H19N3. The van der Waals surface area contributed by atoms with E-state index in [0.717, 1.165) is 28.2 Å². The van der Waals surface area contributed by atoms with Crippen LogP contribution in [0.3, 0.4) is 0 Å². The minimum absolute atomic E-state index is 0.716. The zero-order valence-electron chi connectivity index (χ0n) is 15.8. The number of rotatable bonds is 4. The van der Waals surface area contributed by atoms with Crippen LogP contribution in [-0.4, -0.2) is 9.97 Å². The van der Waals surface area contributed by atoms with Crippen molar-refractivity contribution in [3.63, 3.8) is 0 Å². The van der Waals surface area contributed by atoms with Crippen molar-refractivity contribution in [3.05, 3.63) is 109 Å². The number of benzene rings is 4. The molecule has 0 atom stereocenters. The third-order valence-corrected chi connectivity index (χ3v) is 4.90. The predicted molar refractivity (Wildman–Crippen MR) is 120 cm³/mol. The Bertz CT molecular complexity index is 1270. The highest BCUT2D eigenvalue weighted by molar-refractivity contribution is 5.87. The Kier molecular flexibility index (Phi) is 4.47. The van der Waals surface area contributed by atoms with Crippen molar-refractivity contribution in [2.75, 3.05) is 5.32 Å². The van der Waals surface area contributed by atoms with Crippen molar-refractivity contribution in [2.45, 2.75) is 0 Å². The SMILES string of the molecule is c1ccc(-c2ncc(Nc3ccc4ccccc4c3)c(-c3ccccc3)n2)cc1. The van der Waals surface area contributed by atoms with Crippen molar-refractivity contribution >= 4 is 22.1 Å². The van der Waals surface area contributed by atoms with Gasteiger partial charge in [-0.15, -0.1) is 0 Å². The van der Waals surface area contributed by atoms with Gasteiger partial charge in [0.05, 0.1) is 17.6 Å². The number of fused-ring (bicyclic) bond motifs is 1. The minimum atomic E-state index is 0.716. The van der Waals surface area contributed by atoms with Crippen LogP contribution < -0.4 is 5.32 Å². The topological polar surface area (TPSA) is 37.8 Å². The van der Waals surface area contributed by atoms with E-state index in [0.29, 0.717) is 5.82 Å². The third kappa shape index (κ3) is 3.58. The molecule has 29 heavy (non-hydrogen) atoms. The maximum absolute atomic E-state index is 4.90. The van der Waals surface area contributed by atoms with E-state index in [-0.39, 0.29) is 0 Å². The fourth-order valence-corrected chi connectivity index (χ4v) is 3.44. The fourth-order valence-electron chi connectivity index (χ4n) is 3.44. The quantitative estimate of drug-likeness (QED) is 0.380. The van der Waals surface area contributed by atoms with Gasteiger partial charge in [-0.1, -0.05) is 91.0 Å². The normalized spacial score (nSPS) is 10.8. The van der Waals surface area contributed by atoms with Crippen LogP contribution in [0.2, 0.25) is 0 Å². The summed E-state index contributed by atoms with van der Waals surface area (Å²) in [5.41, 5.74) is 4.83. The van der Waals surface area contributed by atoms with Gasteiger partial charge in [-0.25, -0.2) is 9.97 Å². The highest BCUT2D eigenvalue weighted by atomic mass is 15.0. The molecule has 0 saturated carbocycles. The maximum Gasteiger partial charge on any atom is 0.159 e. The summed E-state index contributed by atoms with van der Waals surface area (Å²) in [5.74, 6) is 0.716. The van der Waals surface area contributed by atoms with E-state index in [1.165, 1.54) is 10.8 Å². The van der Waals surface area contributed by atoms with Crippen molar-refractivity contribution in [3.8, 4) is 22.6 Å². The van der Waals surface area contributed by atoms with E-state index in [9.17, 15) is 0 Å². The molecule has 4 aromatic carbocycles. The Morgan fingerprint density at radius 3 is 2.00 bits per heavy atom. The zero-order valence-corrected chi connectivity index (χ0v) is 15.8. The second-order valence-electron chi connectivity index (χ2n) is 6.87. The van der Waals surface area contributed by atoms with Crippen molar-refractivity contribution in [1.82, 2.24) is 9.97 Å². The van der Waals surface area contributed by atoms with Crippen LogP contribution in [0.15, 0.2) is 109 Å². The van der Waals surface area contributed by atoms with E-state index in [2.05, 4.69) is 64.9 Å². The summed E-state index contributed by atoms with van der Waals surface area (Å²) < 4.78 is 0. The average molecular weight is 373 g/mol. The molecule has 0 aliphatic rings. The number of nitrogens with zero attached hydrogens (tertiary/aromatic N) is 2. The van der Waals surface area contributed by atoms with Gasteiger partial charge in [0.15, 0.2) is 5.82 Å². The van der Waals surface area contributed by atoms with Crippen LogP contribution in [0.4, 0.5) is 11.4 Å². The van der Waals surface area contributed by atoms with E-state index >= 15 is 0 Å². The molecule has 0 bridgehead atoms. The molecule has 0 radical (unpaired) electrons. The average Bonchev–Trinajstić information content (AvgIpc) is 2.80. The zero-order chi connectivity index (χ0) is 19.5. The van der Waals surface area contributed by atoms with Gasteiger partial charge in [0.1, 0.15) is 0 Å². The molecule has 0 aliphatic heterocycles. The van der Waals surface area contributed by atoms with E-state index < -0.39 is 0 Å². The molecular weight excluding hydrogens is 354 g/mol. The molecule has 0 amide bonds. The minimum Gasteiger partial charge on any atom is -0.352 e. The smallest absolute Gasteiger partial charge is 0.159 e. The molecule has 0 spiro atoms. The molecule has 138 valence electrons. The lowest BCUT2D eigenvalue weighted by Crippen LogP contribution is -1.99. The molecule has 3 nitrogen and oxygen atoms in total. The number of anilines is 2. The highest BCUT2D eigenvalue weighted by Crippen LogP contribution is 2.31. The summed E-state index contributed by atoms with van der Waals surface area (Å²) in [5, 5.41) is 5.93. The predicted octanol–water partition coefficient (Wildman–Crippen LogP) is 6.71. The van der Waals surface area contributed by atoms with Gasteiger partial charge >= 0.3 is 0 Å². The summed E-state index contributed by atoms with van der Waals surface area (Å²) in [6, 6.07) is 35.0. The van der Waals surface area contributed by atoms with Gasteiger partial charge < -0.3 is 5.32 Å². The molecule has 1 N–H and O–H groups in total. The summed E-state index contributed by atoms with van der Waals surface area (Å²) >= 11 is 0. The summed E-state index contributed by atoms with van der Waals surface area (Å²) in [6.07, 6.45) is 1.87. The van der Waals surface area contributed by atoms with Crippen LogP contribution >= 0.6 is 0 Å². The lowest BCUT2D eigenvalue weighted by Gasteiger charge is -2.13. The second kappa shape index (κ2) is 7.56. The van der Waals surface area contributed by atoms with Crippen LogP contribution in [0.25, 0.3) is 33.4 Å². The summed E-state index contributed by atoms with van der Waals surface area (Å²) in [7, 11) is 0. The molecule has 1 aromatic heterocycles. The largest absolute Gasteiger partial charge is 0.352 e. The summed E-state index contributed by atoms with van der Waals surface area (Å²) in [6.45, 7) is 0. The highest BCUT2D eigenvalue weighted by Gasteiger charge is 2.11. The number of hydrogen-bond donors (Lipinski definition) is 1. The first-order valence-corrected chi connectivity index (χ1v) is 9.60. The molecule has 5 rings (SSSR count). The van der Waals surface area contributed by atoms with E-state index in [1.807, 2.05) is 54.7 Å².